The van der Waals surface area contributed by atoms with Crippen molar-refractivity contribution in [2.24, 2.45) is 23.7 Å². The monoisotopic (exact) mass is 614 g/mol. The van der Waals surface area contributed by atoms with E-state index in [9.17, 15) is 24.6 Å². The lowest BCUT2D eigenvalue weighted by Gasteiger charge is -2.56. The largest absolute Gasteiger partial charge is 0.458 e. The molecule has 44 heavy (non-hydrogen) atoms. The second kappa shape index (κ2) is 8.73. The van der Waals surface area contributed by atoms with E-state index in [0.717, 1.165) is 0 Å². The van der Waals surface area contributed by atoms with Crippen LogP contribution < -0.4 is 0 Å². The van der Waals surface area contributed by atoms with Crippen molar-refractivity contribution in [2.45, 2.75) is 138 Å². The summed E-state index contributed by atoms with van der Waals surface area (Å²) in [7, 11) is 0. The number of epoxide rings is 1. The summed E-state index contributed by atoms with van der Waals surface area (Å²) in [5, 5.41) is 25.1. The molecule has 3 aliphatic carbocycles. The molecule has 14 unspecified atom stereocenters. The van der Waals surface area contributed by atoms with Crippen LogP contribution in [-0.2, 0) is 42.8 Å². The lowest BCUT2D eigenvalue weighted by atomic mass is 9.56. The van der Waals surface area contributed by atoms with Crippen LogP contribution in [0.4, 0.5) is 0 Å². The number of allylic oxidation sites excluding steroid dienone is 1. The Balaban J connectivity index is 1.26. The molecule has 5 aliphatic heterocycles. The number of carbonyl (C=O) groups excluding carboxylic acids is 3. The summed E-state index contributed by atoms with van der Waals surface area (Å²) in [5.41, 5.74) is -4.99. The number of hydrogen-bond acceptors (Lipinski definition) is 11. The lowest BCUT2D eigenvalue weighted by molar-refractivity contribution is -0.270. The van der Waals surface area contributed by atoms with Crippen molar-refractivity contribution < 1.29 is 53.0 Å². The maximum atomic E-state index is 13.4. The standard InChI is InChI=1S/C33H42O11/c1-7-14(2)27(36)40-19-10-20-29(5,6)41-22-11-24(35)43-31(20,22)13-30(38)12-21(34)32-17(9-23-33(32,42-23)26(19)30)16(4)25(44-32)18-8-15(3)28(37)39-18/h7-8,16-23,25-26,34,38H,9-13H2,1-6H3. The number of fused-ring (bicyclic) bond motifs is 1. The number of aliphatic hydroxyl groups excluding tert-OH is 1. The van der Waals surface area contributed by atoms with Gasteiger partial charge in [-0.1, -0.05) is 13.0 Å². The minimum absolute atomic E-state index is 0.0165. The van der Waals surface area contributed by atoms with E-state index in [2.05, 4.69) is 6.92 Å². The van der Waals surface area contributed by atoms with E-state index in [0.29, 0.717) is 17.6 Å². The molecule has 0 aromatic carbocycles. The highest BCUT2D eigenvalue weighted by Crippen LogP contribution is 2.76. The van der Waals surface area contributed by atoms with Gasteiger partial charge in [-0.3, -0.25) is 4.79 Å². The Labute approximate surface area is 256 Å². The van der Waals surface area contributed by atoms with Gasteiger partial charge in [-0.05, 0) is 59.5 Å². The fourth-order valence-corrected chi connectivity index (χ4v) is 11.0. The second-order valence-electron chi connectivity index (χ2n) is 15.2. The Kier molecular flexibility index (Phi) is 5.78. The van der Waals surface area contributed by atoms with Crippen LogP contribution in [0.2, 0.25) is 0 Å². The number of aliphatic hydroxyl groups is 2. The summed E-state index contributed by atoms with van der Waals surface area (Å²) in [6.07, 6.45) is 0.247. The molecule has 8 aliphatic rings. The molecule has 11 heteroatoms. The van der Waals surface area contributed by atoms with E-state index in [1.165, 1.54) is 0 Å². The fraction of sp³-hybridized carbons (Fsp3) is 0.788. The molecule has 4 saturated heterocycles. The van der Waals surface area contributed by atoms with Gasteiger partial charge in [0.05, 0.1) is 35.7 Å². The predicted molar refractivity (Wildman–Crippen MR) is 150 cm³/mol. The van der Waals surface area contributed by atoms with E-state index < -0.39 is 82.3 Å². The first kappa shape index (κ1) is 29.1. The Hall–Kier alpha value is -2.31. The normalized spacial score (nSPS) is 54.5. The van der Waals surface area contributed by atoms with Gasteiger partial charge in [-0.15, -0.1) is 0 Å². The molecular weight excluding hydrogens is 572 g/mol. The lowest BCUT2D eigenvalue weighted by Crippen LogP contribution is -2.72. The average molecular weight is 615 g/mol. The van der Waals surface area contributed by atoms with Gasteiger partial charge in [-0.2, -0.15) is 0 Å². The molecule has 240 valence electrons. The highest BCUT2D eigenvalue weighted by Gasteiger charge is 2.91. The fourth-order valence-electron chi connectivity index (χ4n) is 11.0. The van der Waals surface area contributed by atoms with Gasteiger partial charge in [0.25, 0.3) is 0 Å². The van der Waals surface area contributed by atoms with Gasteiger partial charge in [0.1, 0.15) is 41.2 Å². The van der Waals surface area contributed by atoms with Gasteiger partial charge >= 0.3 is 17.9 Å². The third-order valence-corrected chi connectivity index (χ3v) is 12.8. The number of ether oxygens (including phenoxy) is 6. The summed E-state index contributed by atoms with van der Waals surface area (Å²) >= 11 is 0. The van der Waals surface area contributed by atoms with E-state index in [1.54, 1.807) is 32.9 Å². The zero-order valence-corrected chi connectivity index (χ0v) is 26.0. The van der Waals surface area contributed by atoms with E-state index in [4.69, 9.17) is 28.4 Å². The van der Waals surface area contributed by atoms with Crippen LogP contribution in [0.1, 0.15) is 73.6 Å². The van der Waals surface area contributed by atoms with Crippen molar-refractivity contribution in [3.63, 3.8) is 0 Å². The SMILES string of the molecule is CC=C(C)C(=O)OC1CC2C(C)(C)OC3CC(=O)OC32CC2(O)CC(O)C34OC(C5C=C(C)C(=O)O5)C(C)C3CC3OC34C12. The van der Waals surface area contributed by atoms with Gasteiger partial charge in [-0.25, -0.2) is 9.59 Å². The van der Waals surface area contributed by atoms with Crippen LogP contribution in [0.5, 0.6) is 0 Å². The maximum absolute atomic E-state index is 13.4. The third-order valence-electron chi connectivity index (χ3n) is 12.8. The zero-order chi connectivity index (χ0) is 31.4. The quantitative estimate of drug-likeness (QED) is 0.208. The average Bonchev–Trinajstić information content (AvgIpc) is 3.10. The summed E-state index contributed by atoms with van der Waals surface area (Å²) < 4.78 is 38.1. The topological polar surface area (TPSA) is 150 Å². The van der Waals surface area contributed by atoms with Crippen LogP contribution >= 0.6 is 0 Å². The molecule has 3 saturated carbocycles. The molecule has 0 amide bonds. The minimum Gasteiger partial charge on any atom is -0.458 e. The molecule has 14 atom stereocenters. The molecule has 8 rings (SSSR count). The predicted octanol–water partition coefficient (Wildman–Crippen LogP) is 2.05. The summed E-state index contributed by atoms with van der Waals surface area (Å²) in [5.74, 6) is -2.71. The molecule has 0 aromatic rings. The van der Waals surface area contributed by atoms with Crippen molar-refractivity contribution >= 4 is 17.9 Å². The highest BCUT2D eigenvalue weighted by molar-refractivity contribution is 5.90. The molecule has 5 heterocycles. The van der Waals surface area contributed by atoms with Crippen LogP contribution in [0.25, 0.3) is 0 Å². The number of cyclic esters (lactones) is 1. The zero-order valence-electron chi connectivity index (χ0n) is 26.0. The van der Waals surface area contributed by atoms with Crippen molar-refractivity contribution in [1.29, 1.82) is 0 Å². The van der Waals surface area contributed by atoms with Crippen LogP contribution in [0, 0.1) is 23.7 Å². The second-order valence-corrected chi connectivity index (χ2v) is 15.2. The number of hydrogen-bond donors (Lipinski definition) is 2. The molecule has 7 fully saturated rings. The first-order chi connectivity index (χ1) is 20.6. The van der Waals surface area contributed by atoms with Crippen LogP contribution in [-0.4, -0.2) is 92.8 Å². The third kappa shape index (κ3) is 3.32. The Morgan fingerprint density at radius 3 is 2.55 bits per heavy atom. The first-order valence-corrected chi connectivity index (χ1v) is 16.0. The summed E-state index contributed by atoms with van der Waals surface area (Å²) in [6.45, 7) is 11.1. The maximum Gasteiger partial charge on any atom is 0.334 e. The highest BCUT2D eigenvalue weighted by atomic mass is 16.7. The van der Waals surface area contributed by atoms with E-state index in [1.807, 2.05) is 13.8 Å². The molecule has 2 N–H and O–H groups in total. The Morgan fingerprint density at radius 2 is 1.86 bits per heavy atom. The van der Waals surface area contributed by atoms with Crippen molar-refractivity contribution in [2.75, 3.05) is 0 Å². The molecular formula is C33H42O11. The number of esters is 3. The minimum atomic E-state index is -1.65. The number of carbonyl (C=O) groups is 3. The van der Waals surface area contributed by atoms with Gasteiger partial charge in [0.15, 0.2) is 0 Å². The van der Waals surface area contributed by atoms with E-state index in [-0.39, 0.29) is 49.6 Å². The Bertz CT molecular complexity index is 1420. The molecule has 0 bridgehead atoms. The van der Waals surface area contributed by atoms with Crippen molar-refractivity contribution in [1.82, 2.24) is 0 Å². The molecule has 0 radical (unpaired) electrons. The first-order valence-electron chi connectivity index (χ1n) is 16.0. The smallest absolute Gasteiger partial charge is 0.334 e. The van der Waals surface area contributed by atoms with Crippen molar-refractivity contribution in [3.05, 3.63) is 23.3 Å². The van der Waals surface area contributed by atoms with Crippen molar-refractivity contribution in [3.8, 4) is 0 Å². The molecule has 0 aromatic heterocycles. The number of rotatable bonds is 3. The summed E-state index contributed by atoms with van der Waals surface area (Å²) in [6, 6.07) is 0. The van der Waals surface area contributed by atoms with E-state index >= 15 is 0 Å². The summed E-state index contributed by atoms with van der Waals surface area (Å²) in [4.78, 5) is 38.5. The molecule has 3 spiro atoms. The van der Waals surface area contributed by atoms with Gasteiger partial charge in [0.2, 0.25) is 0 Å². The van der Waals surface area contributed by atoms with Crippen LogP contribution in [0.3, 0.4) is 0 Å². The van der Waals surface area contributed by atoms with Crippen LogP contribution in [0.15, 0.2) is 23.3 Å². The Morgan fingerprint density at radius 1 is 1.11 bits per heavy atom. The van der Waals surface area contributed by atoms with Gasteiger partial charge in [0, 0.05) is 35.8 Å². The molecule has 11 nitrogen and oxygen atoms in total. The van der Waals surface area contributed by atoms with Gasteiger partial charge < -0.3 is 38.6 Å².